The predicted molar refractivity (Wildman–Crippen MR) is 102 cm³/mol. The number of aromatic nitrogens is 1. The van der Waals surface area contributed by atoms with E-state index < -0.39 is 23.2 Å². The number of hydrogen-bond donors (Lipinski definition) is 1. The predicted octanol–water partition coefficient (Wildman–Crippen LogP) is 4.96. The normalized spacial score (nSPS) is 10.9. The number of carbonyl (C=O) groups is 1. The van der Waals surface area contributed by atoms with Crippen molar-refractivity contribution in [3.63, 3.8) is 0 Å². The monoisotopic (exact) mass is 386 g/mol. The van der Waals surface area contributed by atoms with Crippen molar-refractivity contribution in [2.24, 2.45) is 0 Å². The van der Waals surface area contributed by atoms with E-state index in [0.717, 1.165) is 22.8 Å². The third-order valence-corrected chi connectivity index (χ3v) is 4.37. The summed E-state index contributed by atoms with van der Waals surface area (Å²) in [6.07, 6.45) is 2.74. The molecule has 0 aliphatic rings. The van der Waals surface area contributed by atoms with Crippen LogP contribution in [0.5, 0.6) is 5.75 Å². The van der Waals surface area contributed by atoms with Gasteiger partial charge < -0.3 is 10.1 Å². The molecule has 7 heteroatoms. The van der Waals surface area contributed by atoms with Crippen LogP contribution in [0, 0.1) is 18.6 Å². The summed E-state index contributed by atoms with van der Waals surface area (Å²) in [7, 11) is 0. The van der Waals surface area contributed by atoms with Crippen molar-refractivity contribution in [1.82, 2.24) is 4.98 Å². The lowest BCUT2D eigenvalue weighted by atomic mass is 10.2. The van der Waals surface area contributed by atoms with E-state index in [4.69, 9.17) is 4.74 Å². The molecule has 3 aromatic rings. The van der Waals surface area contributed by atoms with Gasteiger partial charge in [-0.3, -0.25) is 4.79 Å². The van der Waals surface area contributed by atoms with E-state index in [1.54, 1.807) is 35.6 Å². The zero-order chi connectivity index (χ0) is 19.2. The van der Waals surface area contributed by atoms with Gasteiger partial charge in [0.1, 0.15) is 29.7 Å². The Hall–Kier alpha value is -3.06. The van der Waals surface area contributed by atoms with E-state index in [0.29, 0.717) is 17.9 Å². The molecule has 0 spiro atoms. The highest BCUT2D eigenvalue weighted by Gasteiger charge is 2.10. The second kappa shape index (κ2) is 8.55. The summed E-state index contributed by atoms with van der Waals surface area (Å²) in [5, 5.41) is 5.11. The summed E-state index contributed by atoms with van der Waals surface area (Å²) in [5.74, 6) is -1.67. The maximum Gasteiger partial charge on any atom is 0.248 e. The maximum absolute atomic E-state index is 13.6. The summed E-state index contributed by atoms with van der Waals surface area (Å²) < 4.78 is 32.8. The fourth-order valence-corrected chi connectivity index (χ4v) is 2.89. The maximum atomic E-state index is 13.6. The number of nitrogens with one attached hydrogen (secondary N) is 1. The lowest BCUT2D eigenvalue weighted by Gasteiger charge is -2.06. The molecule has 0 saturated carbocycles. The van der Waals surface area contributed by atoms with Crippen molar-refractivity contribution in [3.8, 4) is 5.75 Å². The number of nitrogens with zero attached hydrogens (tertiary/aromatic N) is 1. The molecule has 0 fully saturated rings. The molecule has 2 aromatic carbocycles. The zero-order valence-electron chi connectivity index (χ0n) is 14.4. The molecule has 138 valence electrons. The lowest BCUT2D eigenvalue weighted by Crippen LogP contribution is -2.10. The van der Waals surface area contributed by atoms with Crippen LogP contribution in [0.2, 0.25) is 0 Å². The highest BCUT2D eigenvalue weighted by Crippen LogP contribution is 2.19. The minimum absolute atomic E-state index is 0.352. The largest absolute Gasteiger partial charge is 0.487 e. The Balaban J connectivity index is 1.62. The van der Waals surface area contributed by atoms with Crippen LogP contribution >= 0.6 is 11.3 Å². The number of para-hydroxylation sites is 1. The summed E-state index contributed by atoms with van der Waals surface area (Å²) in [6.45, 7) is 2.28. The summed E-state index contributed by atoms with van der Waals surface area (Å²) in [5.41, 5.74) is 1.10. The number of aryl methyl sites for hydroxylation is 1. The van der Waals surface area contributed by atoms with Crippen molar-refractivity contribution >= 4 is 29.0 Å². The first-order valence-electron chi connectivity index (χ1n) is 8.08. The number of thiazole rings is 1. The van der Waals surface area contributed by atoms with Gasteiger partial charge in [0.05, 0.1) is 10.7 Å². The Morgan fingerprint density at radius 3 is 2.67 bits per heavy atom. The Morgan fingerprint density at radius 1 is 1.22 bits per heavy atom. The van der Waals surface area contributed by atoms with Gasteiger partial charge in [-0.15, -0.1) is 11.3 Å². The number of anilines is 1. The molecule has 0 saturated heterocycles. The van der Waals surface area contributed by atoms with Gasteiger partial charge in [-0.25, -0.2) is 13.8 Å². The highest BCUT2D eigenvalue weighted by atomic mass is 32.1. The van der Waals surface area contributed by atoms with Crippen LogP contribution in [-0.4, -0.2) is 10.9 Å². The van der Waals surface area contributed by atoms with Gasteiger partial charge in [0, 0.05) is 11.5 Å². The van der Waals surface area contributed by atoms with Crippen LogP contribution in [0.3, 0.4) is 0 Å². The van der Waals surface area contributed by atoms with Crippen molar-refractivity contribution in [3.05, 3.63) is 81.8 Å². The molecule has 0 radical (unpaired) electrons. The van der Waals surface area contributed by atoms with E-state index in [-0.39, 0.29) is 0 Å². The molecule has 1 N–H and O–H groups in total. The average Bonchev–Trinajstić information content (AvgIpc) is 3.07. The number of halogens is 2. The Morgan fingerprint density at radius 2 is 1.96 bits per heavy atom. The number of hydrogen-bond acceptors (Lipinski definition) is 4. The van der Waals surface area contributed by atoms with Crippen molar-refractivity contribution in [2.75, 3.05) is 5.32 Å². The summed E-state index contributed by atoms with van der Waals surface area (Å²) >= 11 is 1.56. The first-order valence-corrected chi connectivity index (χ1v) is 8.96. The fraction of sp³-hybridized carbons (Fsp3) is 0.100. The second-order valence-electron chi connectivity index (χ2n) is 5.64. The number of amides is 1. The Bertz CT molecular complexity index is 965. The SMILES string of the molecule is Cc1nc(COc2cccc(/C=C/C(=O)Nc3c(F)cccc3F)c2)cs1. The standard InChI is InChI=1S/C20H16F2N2O2S/c1-13-23-15(12-27-13)11-26-16-5-2-4-14(10-16)8-9-19(25)24-20-17(21)6-3-7-18(20)22/h2-10,12H,11H2,1H3,(H,24,25)/b9-8+. The molecule has 1 heterocycles. The molecule has 1 amide bonds. The van der Waals surface area contributed by atoms with Crippen LogP contribution < -0.4 is 10.1 Å². The van der Waals surface area contributed by atoms with Crippen LogP contribution in [0.25, 0.3) is 6.08 Å². The summed E-state index contributed by atoms with van der Waals surface area (Å²) in [4.78, 5) is 16.2. The Labute approximate surface area is 159 Å². The van der Waals surface area contributed by atoms with Gasteiger partial charge >= 0.3 is 0 Å². The van der Waals surface area contributed by atoms with Gasteiger partial charge in [0.15, 0.2) is 0 Å². The van der Waals surface area contributed by atoms with Crippen LogP contribution in [0.4, 0.5) is 14.5 Å². The van der Waals surface area contributed by atoms with Crippen LogP contribution in [0.15, 0.2) is 53.9 Å². The van der Waals surface area contributed by atoms with Crippen molar-refractivity contribution in [1.29, 1.82) is 0 Å². The fourth-order valence-electron chi connectivity index (χ4n) is 2.29. The first kappa shape index (κ1) is 18.7. The molecule has 0 atom stereocenters. The molecule has 1 aromatic heterocycles. The quantitative estimate of drug-likeness (QED) is 0.609. The third kappa shape index (κ3) is 5.21. The molecular formula is C20H16F2N2O2S. The highest BCUT2D eigenvalue weighted by molar-refractivity contribution is 7.09. The smallest absolute Gasteiger partial charge is 0.248 e. The number of ether oxygens (including phenoxy) is 1. The molecule has 0 unspecified atom stereocenters. The van der Waals surface area contributed by atoms with Crippen molar-refractivity contribution in [2.45, 2.75) is 13.5 Å². The number of benzene rings is 2. The molecule has 0 bridgehead atoms. The molecule has 0 aliphatic heterocycles. The van der Waals surface area contributed by atoms with E-state index in [9.17, 15) is 13.6 Å². The van der Waals surface area contributed by atoms with Gasteiger partial charge in [0.2, 0.25) is 5.91 Å². The first-order chi connectivity index (χ1) is 13.0. The van der Waals surface area contributed by atoms with Crippen LogP contribution in [-0.2, 0) is 11.4 Å². The third-order valence-electron chi connectivity index (χ3n) is 3.55. The van der Waals surface area contributed by atoms with Crippen LogP contribution in [0.1, 0.15) is 16.3 Å². The second-order valence-corrected chi connectivity index (χ2v) is 6.70. The van der Waals surface area contributed by atoms with E-state index in [1.165, 1.54) is 18.2 Å². The molecule has 27 heavy (non-hydrogen) atoms. The molecule has 0 aliphatic carbocycles. The van der Waals surface area contributed by atoms with E-state index in [2.05, 4.69) is 10.3 Å². The topological polar surface area (TPSA) is 51.2 Å². The van der Waals surface area contributed by atoms with Gasteiger partial charge in [-0.05, 0) is 42.8 Å². The van der Waals surface area contributed by atoms with Crippen molar-refractivity contribution < 1.29 is 18.3 Å². The number of rotatable bonds is 6. The lowest BCUT2D eigenvalue weighted by molar-refractivity contribution is -0.111. The number of carbonyl (C=O) groups excluding carboxylic acids is 1. The molecule has 4 nitrogen and oxygen atoms in total. The average molecular weight is 386 g/mol. The molecule has 3 rings (SSSR count). The van der Waals surface area contributed by atoms with Gasteiger partial charge in [0.25, 0.3) is 0 Å². The summed E-state index contributed by atoms with van der Waals surface area (Å²) in [6, 6.07) is 10.5. The van der Waals surface area contributed by atoms with Gasteiger partial charge in [-0.2, -0.15) is 0 Å². The molecular weight excluding hydrogens is 370 g/mol. The minimum atomic E-state index is -0.829. The van der Waals surface area contributed by atoms with E-state index >= 15 is 0 Å². The van der Waals surface area contributed by atoms with E-state index in [1.807, 2.05) is 12.3 Å². The Kier molecular flexibility index (Phi) is 5.93. The van der Waals surface area contributed by atoms with Gasteiger partial charge in [-0.1, -0.05) is 18.2 Å². The zero-order valence-corrected chi connectivity index (χ0v) is 15.2. The minimum Gasteiger partial charge on any atom is -0.487 e.